The molecule has 0 amide bonds. The summed E-state index contributed by atoms with van der Waals surface area (Å²) in [5, 5.41) is 12.6. The van der Waals surface area contributed by atoms with Crippen LogP contribution in [-0.2, 0) is 6.54 Å². The molecule has 0 fully saturated rings. The summed E-state index contributed by atoms with van der Waals surface area (Å²) in [7, 11) is 3.21. The monoisotopic (exact) mass is 470 g/mol. The number of fused-ring (bicyclic) bond motifs is 1. The Kier molecular flexibility index (Phi) is 6.01. The van der Waals surface area contributed by atoms with Gasteiger partial charge in [-0.05, 0) is 65.3 Å². The number of nitrogens with one attached hydrogen (secondary N) is 2. The summed E-state index contributed by atoms with van der Waals surface area (Å²) in [6.45, 7) is 2.59. The van der Waals surface area contributed by atoms with Crippen molar-refractivity contribution in [3.05, 3.63) is 89.9 Å². The number of methoxy groups -OCH3 is 2. The Morgan fingerprint density at radius 1 is 0.943 bits per heavy atom. The average molecular weight is 471 g/mol. The molecule has 2 aromatic heterocycles. The molecule has 2 heterocycles. The minimum Gasteiger partial charge on any atom is -0.493 e. The van der Waals surface area contributed by atoms with E-state index < -0.39 is 0 Å². The van der Waals surface area contributed by atoms with Crippen molar-refractivity contribution in [2.45, 2.75) is 13.5 Å². The molecule has 0 aliphatic rings. The van der Waals surface area contributed by atoms with Crippen molar-refractivity contribution >= 4 is 16.7 Å². The molecule has 0 saturated carbocycles. The number of ether oxygens (including phenoxy) is 2. The lowest BCUT2D eigenvalue weighted by atomic mass is 10.0. The van der Waals surface area contributed by atoms with Gasteiger partial charge in [-0.1, -0.05) is 30.3 Å². The van der Waals surface area contributed by atoms with Crippen LogP contribution in [0.5, 0.6) is 11.5 Å². The number of H-pyrrole nitrogens is 1. The van der Waals surface area contributed by atoms with Gasteiger partial charge < -0.3 is 14.8 Å². The van der Waals surface area contributed by atoms with Gasteiger partial charge in [-0.2, -0.15) is 9.67 Å². The Morgan fingerprint density at radius 3 is 2.37 bits per heavy atom. The summed E-state index contributed by atoms with van der Waals surface area (Å²) in [5.74, 6) is 1.94. The normalized spacial score (nSPS) is 11.0. The number of nitrogens with zero attached hydrogens (tertiary/aromatic N) is 3. The Balaban J connectivity index is 1.66. The van der Waals surface area contributed by atoms with Crippen molar-refractivity contribution < 1.29 is 18.4 Å². The molecule has 35 heavy (non-hydrogen) atoms. The molecule has 5 rings (SSSR count). The summed E-state index contributed by atoms with van der Waals surface area (Å²) in [6, 6.07) is 22.3. The molecule has 176 valence electrons. The van der Waals surface area contributed by atoms with Crippen LogP contribution in [0.2, 0.25) is 0 Å². The van der Waals surface area contributed by atoms with E-state index in [2.05, 4.69) is 15.5 Å². The molecule has 2 N–H and O–H groups in total. The molecule has 3 aromatic carbocycles. The molecular formula is C27H25FN5O2+. The lowest BCUT2D eigenvalue weighted by molar-refractivity contribution is -0.597. The zero-order valence-electron chi connectivity index (χ0n) is 19.7. The summed E-state index contributed by atoms with van der Waals surface area (Å²) in [4.78, 5) is 4.70. The largest absolute Gasteiger partial charge is 0.493 e. The van der Waals surface area contributed by atoms with E-state index >= 15 is 0 Å². The van der Waals surface area contributed by atoms with E-state index in [4.69, 9.17) is 14.5 Å². The third-order valence-corrected chi connectivity index (χ3v) is 5.85. The number of hydrogen-bond acceptors (Lipinski definition) is 5. The Morgan fingerprint density at radius 2 is 1.66 bits per heavy atom. The number of aryl methyl sites for hydroxylation is 1. The number of anilines is 1. The number of aromatic nitrogens is 4. The molecule has 0 aliphatic carbocycles. The molecule has 8 heteroatoms. The third kappa shape index (κ3) is 4.38. The fraction of sp³-hybridized carbons (Fsp3) is 0.148. The summed E-state index contributed by atoms with van der Waals surface area (Å²) >= 11 is 0. The highest BCUT2D eigenvalue weighted by molar-refractivity contribution is 5.95. The number of halogens is 1. The molecule has 0 aliphatic heterocycles. The second-order valence-corrected chi connectivity index (χ2v) is 8.09. The number of rotatable bonds is 7. The maximum atomic E-state index is 13.8. The van der Waals surface area contributed by atoms with Gasteiger partial charge in [0.1, 0.15) is 11.5 Å². The maximum absolute atomic E-state index is 13.8. The van der Waals surface area contributed by atoms with Crippen LogP contribution in [-0.4, -0.2) is 29.4 Å². The number of benzene rings is 3. The zero-order valence-corrected chi connectivity index (χ0v) is 19.7. The summed E-state index contributed by atoms with van der Waals surface area (Å²) in [5.41, 5.74) is 3.66. The Hall–Kier alpha value is -4.46. The molecule has 0 unspecified atom stereocenters. The van der Waals surface area contributed by atoms with Gasteiger partial charge in [0, 0.05) is 22.6 Å². The minimum atomic E-state index is -0.304. The molecular weight excluding hydrogens is 445 g/mol. The second kappa shape index (κ2) is 9.42. The lowest BCUT2D eigenvalue weighted by Crippen LogP contribution is -2.38. The molecule has 0 saturated heterocycles. The highest BCUT2D eigenvalue weighted by Gasteiger charge is 2.25. The van der Waals surface area contributed by atoms with E-state index in [-0.39, 0.29) is 5.82 Å². The van der Waals surface area contributed by atoms with Crippen LogP contribution in [0.3, 0.4) is 0 Å². The standard InChI is InChI=1S/C27H25FN5O2/c1-17-13-20-14-23(34-2)24(35-3)15-22(20)25(19-9-11-21(28)12-10-19)33(17)27-30-26(31-32-27)29-16-18-7-5-4-6-8-18/h4-15H,16H2,1-3H3,(H2,29,30,31,32)/q+1. The van der Waals surface area contributed by atoms with Crippen molar-refractivity contribution in [2.75, 3.05) is 19.5 Å². The quantitative estimate of drug-likeness (QED) is 0.328. The van der Waals surface area contributed by atoms with Gasteiger partial charge in [-0.3, -0.25) is 0 Å². The van der Waals surface area contributed by atoms with Crippen molar-refractivity contribution in [3.63, 3.8) is 0 Å². The van der Waals surface area contributed by atoms with Crippen LogP contribution in [0.1, 0.15) is 11.3 Å². The van der Waals surface area contributed by atoms with E-state index in [0.29, 0.717) is 29.9 Å². The fourth-order valence-electron chi connectivity index (χ4n) is 4.17. The Labute approximate surface area is 202 Å². The van der Waals surface area contributed by atoms with Gasteiger partial charge in [-0.15, -0.1) is 0 Å². The van der Waals surface area contributed by atoms with Gasteiger partial charge in [0.05, 0.1) is 19.9 Å². The molecule has 0 atom stereocenters. The van der Waals surface area contributed by atoms with E-state index in [1.54, 1.807) is 26.4 Å². The SMILES string of the molecule is COc1cc2cc(C)[n+](-c3n[nH]c(NCc4ccccc4)n3)c(-c3ccc(F)cc3)c2cc1OC. The predicted molar refractivity (Wildman–Crippen MR) is 132 cm³/mol. The average Bonchev–Trinajstić information content (AvgIpc) is 3.35. The van der Waals surface area contributed by atoms with Crippen LogP contribution >= 0.6 is 0 Å². The van der Waals surface area contributed by atoms with Crippen molar-refractivity contribution in [2.24, 2.45) is 0 Å². The van der Waals surface area contributed by atoms with Gasteiger partial charge in [0.15, 0.2) is 11.5 Å². The Bertz CT molecular complexity index is 1480. The highest BCUT2D eigenvalue weighted by Crippen LogP contribution is 2.36. The van der Waals surface area contributed by atoms with Crippen molar-refractivity contribution in [1.82, 2.24) is 15.2 Å². The van der Waals surface area contributed by atoms with Gasteiger partial charge in [0.25, 0.3) is 0 Å². The maximum Gasteiger partial charge on any atom is 0.462 e. The third-order valence-electron chi connectivity index (χ3n) is 5.85. The van der Waals surface area contributed by atoms with Gasteiger partial charge in [-0.25, -0.2) is 4.39 Å². The van der Waals surface area contributed by atoms with Crippen LogP contribution in [0.25, 0.3) is 28.0 Å². The van der Waals surface area contributed by atoms with E-state index in [0.717, 1.165) is 33.3 Å². The highest BCUT2D eigenvalue weighted by atomic mass is 19.1. The van der Waals surface area contributed by atoms with Crippen molar-refractivity contribution in [3.8, 4) is 28.7 Å². The van der Waals surface area contributed by atoms with Crippen LogP contribution in [0, 0.1) is 12.7 Å². The molecule has 0 bridgehead atoms. The topological polar surface area (TPSA) is 75.9 Å². The number of hydrogen-bond donors (Lipinski definition) is 2. The number of aromatic amines is 1. The molecule has 0 spiro atoms. The summed E-state index contributed by atoms with van der Waals surface area (Å²) in [6.07, 6.45) is 0. The first-order valence-corrected chi connectivity index (χ1v) is 11.2. The van der Waals surface area contributed by atoms with E-state index in [9.17, 15) is 4.39 Å². The zero-order chi connectivity index (χ0) is 24.4. The molecule has 7 nitrogen and oxygen atoms in total. The first-order chi connectivity index (χ1) is 17.1. The predicted octanol–water partition coefficient (Wildman–Crippen LogP) is 4.98. The lowest BCUT2D eigenvalue weighted by Gasteiger charge is -2.15. The second-order valence-electron chi connectivity index (χ2n) is 8.09. The van der Waals surface area contributed by atoms with Gasteiger partial charge in [0.2, 0.25) is 0 Å². The minimum absolute atomic E-state index is 0.304. The van der Waals surface area contributed by atoms with Crippen LogP contribution < -0.4 is 19.4 Å². The first-order valence-electron chi connectivity index (χ1n) is 11.2. The molecule has 0 radical (unpaired) electrons. The molecule has 5 aromatic rings. The fourth-order valence-corrected chi connectivity index (χ4v) is 4.17. The van der Waals surface area contributed by atoms with E-state index in [1.165, 1.54) is 12.1 Å². The van der Waals surface area contributed by atoms with Crippen LogP contribution in [0.4, 0.5) is 10.3 Å². The van der Waals surface area contributed by atoms with Gasteiger partial charge >= 0.3 is 11.9 Å². The smallest absolute Gasteiger partial charge is 0.462 e. The number of pyridine rings is 1. The van der Waals surface area contributed by atoms with Crippen LogP contribution in [0.15, 0.2) is 72.8 Å². The summed E-state index contributed by atoms with van der Waals surface area (Å²) < 4.78 is 26.8. The van der Waals surface area contributed by atoms with E-state index in [1.807, 2.05) is 60.0 Å². The van der Waals surface area contributed by atoms with Crippen molar-refractivity contribution in [1.29, 1.82) is 0 Å². The first kappa shape index (κ1) is 22.3.